The molecular weight excluding hydrogens is 526 g/mol. The summed E-state index contributed by atoms with van der Waals surface area (Å²) in [7, 11) is 3.55. The van der Waals surface area contributed by atoms with Gasteiger partial charge in [-0.25, -0.2) is 9.59 Å². The van der Waals surface area contributed by atoms with Gasteiger partial charge >= 0.3 is 23.9 Å². The van der Waals surface area contributed by atoms with Crippen LogP contribution in [-0.2, 0) is 45.2 Å². The summed E-state index contributed by atoms with van der Waals surface area (Å²) in [5.74, 6) is -2.53. The first-order chi connectivity index (χ1) is 18.9. The quantitative estimate of drug-likeness (QED) is 0.330. The summed E-state index contributed by atoms with van der Waals surface area (Å²) in [6.45, 7) is 3.15. The molecule has 2 aliphatic heterocycles. The van der Waals surface area contributed by atoms with Gasteiger partial charge in [-0.2, -0.15) is 0 Å². The number of hydrogen-bond donors (Lipinski definition) is 2. The minimum atomic E-state index is -1.39. The zero-order valence-corrected chi connectivity index (χ0v) is 22.8. The molecule has 0 aromatic heterocycles. The van der Waals surface area contributed by atoms with Crippen molar-refractivity contribution in [3.05, 3.63) is 35.1 Å². The molecular formula is C28H33NO11. The summed E-state index contributed by atoms with van der Waals surface area (Å²) >= 11 is 0. The molecule has 1 spiro atoms. The second-order valence-electron chi connectivity index (χ2n) is 10.8. The summed E-state index contributed by atoms with van der Waals surface area (Å²) in [5, 5.41) is 21.1. The van der Waals surface area contributed by atoms with E-state index in [0.717, 1.165) is 17.7 Å². The standard InChI is InChI=1S/C28H33NO11/c1-14(25(32)33)38-26(34)15(2)37-20(30)7-8-21(31)39-18-9-10-28(35)19-13-16-5-6-17(36-4)23-22(16)27(28,24(18)40-23)11-12-29(19)3/h5-6,9,14-15,19,24,35H,7-8,10-13H2,1-4H3,(H,32,33)/t14?,15?,19-,24+,27+,28-/m1/s1. The number of esters is 3. The highest BCUT2D eigenvalue weighted by Crippen LogP contribution is 2.65. The van der Waals surface area contributed by atoms with E-state index in [2.05, 4.69) is 4.90 Å². The fraction of sp³-hybridized carbons (Fsp3) is 0.571. The number of ether oxygens (including phenoxy) is 5. The van der Waals surface area contributed by atoms with Gasteiger partial charge in [-0.3, -0.25) is 9.59 Å². The van der Waals surface area contributed by atoms with Crippen LogP contribution in [0.5, 0.6) is 11.5 Å². The first kappa shape index (κ1) is 27.9. The van der Waals surface area contributed by atoms with Gasteiger partial charge in [-0.05, 0) is 58.0 Å². The normalized spacial score (nSPS) is 29.2. The molecule has 5 rings (SSSR count). The lowest BCUT2D eigenvalue weighted by atomic mass is 9.50. The molecule has 4 aliphatic rings. The average molecular weight is 560 g/mol. The Morgan fingerprint density at radius 3 is 2.55 bits per heavy atom. The van der Waals surface area contributed by atoms with E-state index in [9.17, 15) is 24.3 Å². The number of carbonyl (C=O) groups is 4. The Kier molecular flexibility index (Phi) is 7.03. The van der Waals surface area contributed by atoms with Crippen molar-refractivity contribution in [3.63, 3.8) is 0 Å². The van der Waals surface area contributed by atoms with Crippen molar-refractivity contribution in [2.75, 3.05) is 20.7 Å². The zero-order chi connectivity index (χ0) is 29.0. The maximum Gasteiger partial charge on any atom is 0.347 e. The van der Waals surface area contributed by atoms with Crippen LogP contribution in [0.4, 0.5) is 0 Å². The Morgan fingerprint density at radius 2 is 1.85 bits per heavy atom. The van der Waals surface area contributed by atoms with Crippen molar-refractivity contribution in [2.45, 2.75) is 81.3 Å². The molecule has 12 nitrogen and oxygen atoms in total. The molecule has 2 bridgehead atoms. The van der Waals surface area contributed by atoms with Gasteiger partial charge < -0.3 is 38.8 Å². The third-order valence-electron chi connectivity index (χ3n) is 8.60. The van der Waals surface area contributed by atoms with E-state index in [4.69, 9.17) is 28.8 Å². The van der Waals surface area contributed by atoms with E-state index in [0.29, 0.717) is 24.3 Å². The Hall–Kier alpha value is -3.64. The molecule has 1 aromatic rings. The fourth-order valence-electron chi connectivity index (χ4n) is 6.60. The minimum Gasteiger partial charge on any atom is -0.493 e. The van der Waals surface area contributed by atoms with E-state index >= 15 is 0 Å². The second-order valence-corrected chi connectivity index (χ2v) is 10.8. The van der Waals surface area contributed by atoms with Crippen molar-refractivity contribution < 1.29 is 53.1 Å². The lowest BCUT2D eigenvalue weighted by molar-refractivity contribution is -0.175. The van der Waals surface area contributed by atoms with E-state index in [1.165, 1.54) is 13.8 Å². The van der Waals surface area contributed by atoms with Gasteiger partial charge in [0, 0.05) is 18.0 Å². The van der Waals surface area contributed by atoms with Crippen LogP contribution >= 0.6 is 0 Å². The molecule has 0 saturated carbocycles. The Balaban J connectivity index is 1.29. The predicted molar refractivity (Wildman–Crippen MR) is 136 cm³/mol. The van der Waals surface area contributed by atoms with Crippen LogP contribution in [0.15, 0.2) is 24.0 Å². The number of aliphatic carboxylic acids is 1. The summed E-state index contributed by atoms with van der Waals surface area (Å²) in [6, 6.07) is 3.71. The van der Waals surface area contributed by atoms with Crippen LogP contribution in [-0.4, -0.2) is 89.6 Å². The summed E-state index contributed by atoms with van der Waals surface area (Å²) in [6.07, 6.45) is -1.00. The summed E-state index contributed by atoms with van der Waals surface area (Å²) < 4.78 is 27.4. The first-order valence-electron chi connectivity index (χ1n) is 13.3. The number of methoxy groups -OCH3 is 1. The van der Waals surface area contributed by atoms with Crippen LogP contribution in [0.25, 0.3) is 0 Å². The maximum atomic E-state index is 12.8. The number of rotatable bonds is 9. The van der Waals surface area contributed by atoms with Gasteiger partial charge in [0.05, 0.1) is 31.0 Å². The third-order valence-corrected chi connectivity index (χ3v) is 8.60. The number of carboxylic acids is 1. The van der Waals surface area contributed by atoms with Gasteiger partial charge in [-0.1, -0.05) is 6.07 Å². The van der Waals surface area contributed by atoms with E-state index in [-0.39, 0.29) is 31.1 Å². The van der Waals surface area contributed by atoms with Crippen molar-refractivity contribution in [1.82, 2.24) is 4.90 Å². The first-order valence-corrected chi connectivity index (χ1v) is 13.3. The highest BCUT2D eigenvalue weighted by atomic mass is 16.6. The van der Waals surface area contributed by atoms with Crippen molar-refractivity contribution >= 4 is 23.9 Å². The predicted octanol–water partition coefficient (Wildman–Crippen LogP) is 1.24. The van der Waals surface area contributed by atoms with E-state index in [1.54, 1.807) is 13.2 Å². The topological polar surface area (TPSA) is 158 Å². The SMILES string of the molecule is COc1ccc2c3c1O[C@H]1C(OC(=O)CCC(=O)OC(C)C(=O)OC(C)C(=O)O)=CC[C@@]4(O)[C@@H](C2)N(C)CC[C@]314. The molecule has 216 valence electrons. The Bertz CT molecular complexity index is 1290. The lowest BCUT2D eigenvalue weighted by Crippen LogP contribution is -2.74. The molecule has 0 amide bonds. The Morgan fingerprint density at radius 1 is 1.12 bits per heavy atom. The number of nitrogens with zero attached hydrogens (tertiary/aromatic N) is 1. The van der Waals surface area contributed by atoms with Crippen LogP contribution < -0.4 is 9.47 Å². The molecule has 2 aliphatic carbocycles. The number of likely N-dealkylation sites (N-methyl/N-ethyl adjacent to an activating group) is 1. The number of aliphatic hydroxyl groups is 1. The van der Waals surface area contributed by atoms with E-state index < -0.39 is 53.2 Å². The number of carbonyl (C=O) groups excluding carboxylic acids is 3. The molecule has 40 heavy (non-hydrogen) atoms. The molecule has 0 radical (unpaired) electrons. The molecule has 1 aromatic carbocycles. The van der Waals surface area contributed by atoms with Gasteiger partial charge in [0.1, 0.15) is 5.76 Å². The third kappa shape index (κ3) is 4.21. The molecule has 12 heteroatoms. The Labute approximate surface area is 230 Å². The van der Waals surface area contributed by atoms with Crippen molar-refractivity contribution in [3.8, 4) is 11.5 Å². The van der Waals surface area contributed by atoms with Gasteiger partial charge in [-0.15, -0.1) is 0 Å². The van der Waals surface area contributed by atoms with Gasteiger partial charge in [0.15, 0.2) is 29.8 Å². The van der Waals surface area contributed by atoms with Crippen LogP contribution in [0.3, 0.4) is 0 Å². The molecule has 1 fully saturated rings. The van der Waals surface area contributed by atoms with Crippen molar-refractivity contribution in [1.29, 1.82) is 0 Å². The number of likely N-dealkylation sites (tertiary alicyclic amines) is 1. The van der Waals surface area contributed by atoms with E-state index in [1.807, 2.05) is 19.2 Å². The summed E-state index contributed by atoms with van der Waals surface area (Å²) in [4.78, 5) is 50.0. The lowest BCUT2D eigenvalue weighted by Gasteiger charge is -2.61. The van der Waals surface area contributed by atoms with Crippen molar-refractivity contribution in [2.24, 2.45) is 0 Å². The van der Waals surface area contributed by atoms with Crippen LogP contribution in [0.2, 0.25) is 0 Å². The molecule has 2 heterocycles. The highest BCUT2D eigenvalue weighted by molar-refractivity contribution is 5.83. The van der Waals surface area contributed by atoms with Gasteiger partial charge in [0.2, 0.25) is 0 Å². The monoisotopic (exact) mass is 559 g/mol. The molecule has 6 atom stereocenters. The number of piperidine rings is 1. The second kappa shape index (κ2) is 10.1. The van der Waals surface area contributed by atoms with Crippen LogP contribution in [0, 0.1) is 0 Å². The van der Waals surface area contributed by atoms with Crippen LogP contribution in [0.1, 0.15) is 50.7 Å². The molecule has 2 unspecified atom stereocenters. The maximum absolute atomic E-state index is 12.8. The molecule has 2 N–H and O–H groups in total. The molecule has 1 saturated heterocycles. The summed E-state index contributed by atoms with van der Waals surface area (Å²) in [5.41, 5.74) is 0.0124. The fourth-order valence-corrected chi connectivity index (χ4v) is 6.60. The minimum absolute atomic E-state index is 0.144. The average Bonchev–Trinajstić information content (AvgIpc) is 3.26. The zero-order valence-electron chi connectivity index (χ0n) is 22.8. The number of hydrogen-bond acceptors (Lipinski definition) is 11. The highest BCUT2D eigenvalue weighted by Gasteiger charge is 2.72. The number of carboxylic acid groups (broad SMARTS) is 1. The number of benzene rings is 1. The largest absolute Gasteiger partial charge is 0.493 e. The smallest absolute Gasteiger partial charge is 0.347 e. The van der Waals surface area contributed by atoms with Gasteiger partial charge in [0.25, 0.3) is 0 Å².